The molecule has 0 radical (unpaired) electrons. The summed E-state index contributed by atoms with van der Waals surface area (Å²) in [5.74, 6) is 0.394. The van der Waals surface area contributed by atoms with Crippen molar-refractivity contribution < 1.29 is 19.1 Å². The Morgan fingerprint density at radius 3 is 2.56 bits per heavy atom. The van der Waals surface area contributed by atoms with Crippen LogP contribution in [-0.2, 0) is 14.3 Å². The van der Waals surface area contributed by atoms with Crippen molar-refractivity contribution in [2.45, 2.75) is 46.1 Å². The second-order valence-corrected chi connectivity index (χ2v) is 8.04. The highest BCUT2D eigenvalue weighted by Gasteiger charge is 2.39. The summed E-state index contributed by atoms with van der Waals surface area (Å²) >= 11 is 0. The maximum Gasteiger partial charge on any atom is 0.332 e. The van der Waals surface area contributed by atoms with Gasteiger partial charge in [-0.1, -0.05) is 45.4 Å². The van der Waals surface area contributed by atoms with Gasteiger partial charge in [-0.2, -0.15) is 0 Å². The standard InChI is InChI=1S/C21H28N2O4/c1-14(2)17-10-9-15(3)11-18(17)27-20(25)13-23-19(24)12-22(21(23)26)16-7-5-4-6-8-16/h4-8,14-15,17-18H,9-13H2,1-3H3/t15-,17-,18+/m0/s1. The molecular formula is C21H28N2O4. The number of rotatable bonds is 5. The van der Waals surface area contributed by atoms with Crippen molar-refractivity contribution in [3.63, 3.8) is 0 Å². The summed E-state index contributed by atoms with van der Waals surface area (Å²) in [7, 11) is 0. The summed E-state index contributed by atoms with van der Waals surface area (Å²) in [5, 5.41) is 0. The zero-order valence-corrected chi connectivity index (χ0v) is 16.3. The Morgan fingerprint density at radius 2 is 1.89 bits per heavy atom. The van der Waals surface area contributed by atoms with Gasteiger partial charge < -0.3 is 4.74 Å². The first-order valence-corrected chi connectivity index (χ1v) is 9.73. The van der Waals surface area contributed by atoms with Crippen LogP contribution in [0.3, 0.4) is 0 Å². The molecule has 146 valence electrons. The molecule has 27 heavy (non-hydrogen) atoms. The van der Waals surface area contributed by atoms with Crippen molar-refractivity contribution in [2.24, 2.45) is 17.8 Å². The molecule has 0 bridgehead atoms. The van der Waals surface area contributed by atoms with Gasteiger partial charge in [-0.15, -0.1) is 0 Å². The van der Waals surface area contributed by atoms with Crippen LogP contribution in [0.2, 0.25) is 0 Å². The van der Waals surface area contributed by atoms with Gasteiger partial charge in [0.05, 0.1) is 0 Å². The Balaban J connectivity index is 1.63. The Hall–Kier alpha value is -2.37. The number of ether oxygens (including phenoxy) is 1. The van der Waals surface area contributed by atoms with Gasteiger partial charge in [0.2, 0.25) is 0 Å². The number of urea groups is 1. The number of hydrogen-bond donors (Lipinski definition) is 0. The molecule has 1 aliphatic carbocycles. The molecule has 0 aromatic heterocycles. The highest BCUT2D eigenvalue weighted by atomic mass is 16.5. The molecule has 6 nitrogen and oxygen atoms in total. The number of carbonyl (C=O) groups excluding carboxylic acids is 3. The van der Waals surface area contributed by atoms with Gasteiger partial charge in [-0.05, 0) is 42.7 Å². The van der Waals surface area contributed by atoms with Crippen LogP contribution >= 0.6 is 0 Å². The Kier molecular flexibility index (Phi) is 5.82. The van der Waals surface area contributed by atoms with Crippen molar-refractivity contribution in [3.05, 3.63) is 30.3 Å². The lowest BCUT2D eigenvalue weighted by Gasteiger charge is -2.36. The van der Waals surface area contributed by atoms with Crippen molar-refractivity contribution >= 4 is 23.6 Å². The van der Waals surface area contributed by atoms with E-state index in [1.54, 1.807) is 24.3 Å². The smallest absolute Gasteiger partial charge is 0.332 e. The number of para-hydroxylation sites is 1. The average Bonchev–Trinajstić information content (AvgIpc) is 2.90. The fourth-order valence-electron chi connectivity index (χ4n) is 4.09. The lowest BCUT2D eigenvalue weighted by molar-refractivity contribution is -0.158. The molecule has 1 aromatic rings. The Bertz CT molecular complexity index is 703. The quantitative estimate of drug-likeness (QED) is 0.586. The molecule has 1 aliphatic heterocycles. The molecule has 6 heteroatoms. The zero-order valence-electron chi connectivity index (χ0n) is 16.3. The number of esters is 1. The van der Waals surface area contributed by atoms with E-state index < -0.39 is 12.0 Å². The molecule has 1 aromatic carbocycles. The maximum atomic E-state index is 12.6. The first kappa shape index (κ1) is 19.4. The van der Waals surface area contributed by atoms with E-state index in [0.717, 1.165) is 24.2 Å². The van der Waals surface area contributed by atoms with Gasteiger partial charge in [0.1, 0.15) is 19.2 Å². The fourth-order valence-corrected chi connectivity index (χ4v) is 4.09. The molecule has 0 spiro atoms. The van der Waals surface area contributed by atoms with E-state index in [-0.39, 0.29) is 25.1 Å². The van der Waals surface area contributed by atoms with Crippen LogP contribution in [0.1, 0.15) is 40.0 Å². The van der Waals surface area contributed by atoms with E-state index in [0.29, 0.717) is 23.4 Å². The number of hydrogen-bond acceptors (Lipinski definition) is 4. The third-order valence-electron chi connectivity index (χ3n) is 5.66. The lowest BCUT2D eigenvalue weighted by atomic mass is 9.75. The van der Waals surface area contributed by atoms with Crippen LogP contribution in [0.5, 0.6) is 0 Å². The highest BCUT2D eigenvalue weighted by Crippen LogP contribution is 2.35. The Morgan fingerprint density at radius 1 is 1.19 bits per heavy atom. The van der Waals surface area contributed by atoms with Crippen LogP contribution in [0.25, 0.3) is 0 Å². The molecule has 0 unspecified atom stereocenters. The van der Waals surface area contributed by atoms with Crippen LogP contribution in [0, 0.1) is 17.8 Å². The summed E-state index contributed by atoms with van der Waals surface area (Å²) in [4.78, 5) is 39.7. The zero-order chi connectivity index (χ0) is 19.6. The summed E-state index contributed by atoms with van der Waals surface area (Å²) in [6, 6.07) is 8.52. The van der Waals surface area contributed by atoms with Crippen LogP contribution in [0.4, 0.5) is 10.5 Å². The Labute approximate surface area is 160 Å². The van der Waals surface area contributed by atoms with Crippen molar-refractivity contribution in [1.29, 1.82) is 0 Å². The molecule has 0 N–H and O–H groups in total. The number of imide groups is 1. The van der Waals surface area contributed by atoms with Crippen LogP contribution in [0.15, 0.2) is 30.3 Å². The van der Waals surface area contributed by atoms with Crippen LogP contribution < -0.4 is 4.90 Å². The summed E-state index contributed by atoms with van der Waals surface area (Å²) in [6.07, 6.45) is 2.89. The van der Waals surface area contributed by atoms with E-state index in [9.17, 15) is 14.4 Å². The molecule has 1 saturated heterocycles. The van der Waals surface area contributed by atoms with E-state index in [1.807, 2.05) is 6.07 Å². The third-order valence-corrected chi connectivity index (χ3v) is 5.66. The lowest BCUT2D eigenvalue weighted by Crippen LogP contribution is -2.41. The van der Waals surface area contributed by atoms with E-state index in [2.05, 4.69) is 20.8 Å². The second-order valence-electron chi connectivity index (χ2n) is 8.04. The van der Waals surface area contributed by atoms with Gasteiger partial charge in [-0.25, -0.2) is 4.79 Å². The topological polar surface area (TPSA) is 66.9 Å². The number of anilines is 1. The fraction of sp³-hybridized carbons (Fsp3) is 0.571. The summed E-state index contributed by atoms with van der Waals surface area (Å²) in [5.41, 5.74) is 0.646. The monoisotopic (exact) mass is 372 g/mol. The SMILES string of the molecule is CC(C)[C@@H]1CC[C@H](C)C[C@H]1OC(=O)CN1C(=O)CN(c2ccccc2)C1=O. The first-order valence-electron chi connectivity index (χ1n) is 9.73. The van der Waals surface area contributed by atoms with Gasteiger partial charge in [0.15, 0.2) is 0 Å². The molecular weight excluding hydrogens is 344 g/mol. The highest BCUT2D eigenvalue weighted by molar-refractivity contribution is 6.13. The minimum atomic E-state index is -0.503. The summed E-state index contributed by atoms with van der Waals surface area (Å²) in [6.45, 7) is 6.09. The molecule has 1 heterocycles. The van der Waals surface area contributed by atoms with E-state index >= 15 is 0 Å². The number of carbonyl (C=O) groups is 3. The van der Waals surface area contributed by atoms with Gasteiger partial charge in [0, 0.05) is 5.69 Å². The molecule has 3 atom stereocenters. The maximum absolute atomic E-state index is 12.6. The third kappa shape index (κ3) is 4.31. The van der Waals surface area contributed by atoms with Crippen molar-refractivity contribution in [1.82, 2.24) is 4.90 Å². The largest absolute Gasteiger partial charge is 0.461 e. The van der Waals surface area contributed by atoms with E-state index in [4.69, 9.17) is 4.74 Å². The predicted octanol–water partition coefficient (Wildman–Crippen LogP) is 3.46. The average molecular weight is 372 g/mol. The number of amides is 3. The van der Waals surface area contributed by atoms with E-state index in [1.165, 1.54) is 4.90 Å². The minimum absolute atomic E-state index is 0.0504. The molecule has 2 fully saturated rings. The van der Waals surface area contributed by atoms with Crippen LogP contribution in [-0.4, -0.2) is 42.0 Å². The number of benzene rings is 1. The van der Waals surface area contributed by atoms with Crippen molar-refractivity contribution in [2.75, 3.05) is 18.0 Å². The second kappa shape index (κ2) is 8.11. The van der Waals surface area contributed by atoms with Crippen molar-refractivity contribution in [3.8, 4) is 0 Å². The van der Waals surface area contributed by atoms with Gasteiger partial charge >= 0.3 is 12.0 Å². The number of nitrogens with zero attached hydrogens (tertiary/aromatic N) is 2. The molecule has 1 saturated carbocycles. The minimum Gasteiger partial charge on any atom is -0.461 e. The first-order chi connectivity index (χ1) is 12.9. The molecule has 3 rings (SSSR count). The summed E-state index contributed by atoms with van der Waals surface area (Å²) < 4.78 is 5.73. The molecule has 2 aliphatic rings. The predicted molar refractivity (Wildman–Crippen MR) is 102 cm³/mol. The molecule has 3 amide bonds. The van der Waals surface area contributed by atoms with Gasteiger partial charge in [0.25, 0.3) is 5.91 Å². The van der Waals surface area contributed by atoms with Gasteiger partial charge in [-0.3, -0.25) is 19.4 Å². The normalized spacial score (nSPS) is 26.0.